The van der Waals surface area contributed by atoms with Gasteiger partial charge in [0.1, 0.15) is 5.82 Å². The van der Waals surface area contributed by atoms with Gasteiger partial charge in [-0.1, -0.05) is 0 Å². The van der Waals surface area contributed by atoms with Gasteiger partial charge in [-0.05, 0) is 12.1 Å². The quantitative estimate of drug-likeness (QED) is 0.692. The third-order valence-corrected chi connectivity index (χ3v) is 4.33. The molecular formula is C9H2F6O3S. The maximum Gasteiger partial charge on any atom is 0.417 e. The number of benzene rings is 1. The van der Waals surface area contributed by atoms with Crippen molar-refractivity contribution in [3.05, 3.63) is 29.1 Å². The summed E-state index contributed by atoms with van der Waals surface area (Å²) in [5, 5.41) is -5.10. The molecule has 1 aliphatic heterocycles. The molecule has 0 aliphatic carbocycles. The smallest absolute Gasteiger partial charge is 0.286 e. The van der Waals surface area contributed by atoms with Crippen molar-refractivity contribution in [2.24, 2.45) is 0 Å². The molecule has 1 heterocycles. The number of Topliss-reactive ketones (excluding diaryl/α,β-unsaturated/α-hetero) is 1. The molecule has 0 unspecified atom stereocenters. The van der Waals surface area contributed by atoms with Gasteiger partial charge in [-0.3, -0.25) is 4.79 Å². The number of hydrogen-bond acceptors (Lipinski definition) is 3. The topological polar surface area (TPSA) is 51.2 Å². The lowest BCUT2D eigenvalue weighted by Crippen LogP contribution is -2.31. The van der Waals surface area contributed by atoms with E-state index in [1.54, 1.807) is 0 Å². The minimum Gasteiger partial charge on any atom is -0.286 e. The summed E-state index contributed by atoms with van der Waals surface area (Å²) in [6.45, 7) is 0. The first-order valence-electron chi connectivity index (χ1n) is 4.49. The fourth-order valence-electron chi connectivity index (χ4n) is 1.67. The predicted molar refractivity (Wildman–Crippen MR) is 47.9 cm³/mol. The number of fused-ring (bicyclic) bond motifs is 1. The largest absolute Gasteiger partial charge is 0.417 e. The first kappa shape index (κ1) is 13.8. The van der Waals surface area contributed by atoms with E-state index in [4.69, 9.17) is 0 Å². The fraction of sp³-hybridized carbons (Fsp3) is 0.222. The number of alkyl halides is 5. The van der Waals surface area contributed by atoms with Gasteiger partial charge < -0.3 is 0 Å². The molecule has 1 aromatic rings. The number of hydrogen-bond donors (Lipinski definition) is 0. The van der Waals surface area contributed by atoms with E-state index in [1.807, 2.05) is 0 Å². The third-order valence-electron chi connectivity index (χ3n) is 2.51. The van der Waals surface area contributed by atoms with Gasteiger partial charge >= 0.3 is 11.4 Å². The summed E-state index contributed by atoms with van der Waals surface area (Å²) >= 11 is 0. The summed E-state index contributed by atoms with van der Waals surface area (Å²) in [4.78, 5) is 9.09. The summed E-state index contributed by atoms with van der Waals surface area (Å²) in [6.07, 6.45) is -5.31. The van der Waals surface area contributed by atoms with Gasteiger partial charge in [0, 0.05) is 0 Å². The zero-order chi connectivity index (χ0) is 14.8. The van der Waals surface area contributed by atoms with Crippen LogP contribution in [0.2, 0.25) is 0 Å². The second-order valence-corrected chi connectivity index (χ2v) is 5.57. The van der Waals surface area contributed by atoms with Gasteiger partial charge in [0.25, 0.3) is 15.6 Å². The maximum atomic E-state index is 13.2. The number of carbonyl (C=O) groups is 1. The molecule has 1 aromatic carbocycles. The van der Waals surface area contributed by atoms with Crippen molar-refractivity contribution in [3.8, 4) is 0 Å². The lowest BCUT2D eigenvalue weighted by molar-refractivity contribution is -0.139. The van der Waals surface area contributed by atoms with Crippen molar-refractivity contribution in [2.45, 2.75) is 16.3 Å². The lowest BCUT2D eigenvalue weighted by atomic mass is 10.1. The molecule has 0 radical (unpaired) electrons. The first-order chi connectivity index (χ1) is 8.42. The van der Waals surface area contributed by atoms with Crippen LogP contribution in [0.5, 0.6) is 0 Å². The molecular weight excluding hydrogens is 302 g/mol. The van der Waals surface area contributed by atoms with Crippen LogP contribution in [0.4, 0.5) is 26.3 Å². The fourth-order valence-corrected chi connectivity index (χ4v) is 3.20. The summed E-state index contributed by atoms with van der Waals surface area (Å²) in [5.74, 6) is -4.24. The minimum atomic E-state index is -5.91. The highest BCUT2D eigenvalue weighted by molar-refractivity contribution is 7.94. The van der Waals surface area contributed by atoms with E-state index in [0.717, 1.165) is 0 Å². The molecule has 0 amide bonds. The van der Waals surface area contributed by atoms with Crippen molar-refractivity contribution in [2.75, 3.05) is 0 Å². The average Bonchev–Trinajstić information content (AvgIpc) is 2.37. The van der Waals surface area contributed by atoms with Crippen LogP contribution in [0.3, 0.4) is 0 Å². The molecule has 0 fully saturated rings. The van der Waals surface area contributed by atoms with E-state index in [2.05, 4.69) is 0 Å². The Kier molecular flexibility index (Phi) is 2.55. The van der Waals surface area contributed by atoms with E-state index in [9.17, 15) is 39.6 Å². The molecule has 19 heavy (non-hydrogen) atoms. The Morgan fingerprint density at radius 1 is 1.11 bits per heavy atom. The number of sulfone groups is 1. The molecule has 0 bridgehead atoms. The highest BCUT2D eigenvalue weighted by Crippen LogP contribution is 2.47. The van der Waals surface area contributed by atoms with Crippen LogP contribution in [0.1, 0.15) is 15.9 Å². The predicted octanol–water partition coefficient (Wildman–Crippen LogP) is 2.41. The van der Waals surface area contributed by atoms with Gasteiger partial charge in [0.15, 0.2) is 0 Å². The van der Waals surface area contributed by atoms with E-state index >= 15 is 0 Å². The molecule has 104 valence electrons. The van der Waals surface area contributed by atoms with Crippen molar-refractivity contribution >= 4 is 15.6 Å². The molecule has 0 atom stereocenters. The average molecular weight is 304 g/mol. The van der Waals surface area contributed by atoms with Crippen LogP contribution in [0, 0.1) is 5.82 Å². The molecule has 0 aromatic heterocycles. The number of rotatable bonds is 0. The number of halogens is 6. The third kappa shape index (κ3) is 1.58. The van der Waals surface area contributed by atoms with Gasteiger partial charge in [0.05, 0.1) is 16.0 Å². The molecule has 0 saturated heterocycles. The molecule has 0 saturated carbocycles. The molecule has 0 spiro atoms. The summed E-state index contributed by atoms with van der Waals surface area (Å²) in [5.41, 5.74) is -3.74. The molecule has 10 heteroatoms. The van der Waals surface area contributed by atoms with Gasteiger partial charge in [-0.25, -0.2) is 12.8 Å². The van der Waals surface area contributed by atoms with Crippen LogP contribution >= 0.6 is 0 Å². The summed E-state index contributed by atoms with van der Waals surface area (Å²) < 4.78 is 99.8. The zero-order valence-electron chi connectivity index (χ0n) is 8.56. The normalized spacial score (nSPS) is 20.4. The van der Waals surface area contributed by atoms with Crippen LogP contribution < -0.4 is 0 Å². The second kappa shape index (κ2) is 3.50. The minimum absolute atomic E-state index is 0.000394. The Hall–Kier alpha value is -1.58. The summed E-state index contributed by atoms with van der Waals surface area (Å²) in [7, 11) is -5.91. The Labute approximate surface area is 101 Å². The van der Waals surface area contributed by atoms with E-state index in [-0.39, 0.29) is 12.1 Å². The van der Waals surface area contributed by atoms with Crippen molar-refractivity contribution in [3.63, 3.8) is 0 Å². The first-order valence-corrected chi connectivity index (χ1v) is 5.97. The van der Waals surface area contributed by atoms with Gasteiger partial charge in [-0.15, -0.1) is 0 Å². The Bertz CT molecular complexity index is 689. The Balaban J connectivity index is 2.99. The maximum absolute atomic E-state index is 13.2. The van der Waals surface area contributed by atoms with E-state index in [0.29, 0.717) is 0 Å². The van der Waals surface area contributed by atoms with Gasteiger partial charge in [0.2, 0.25) is 0 Å². The highest BCUT2D eigenvalue weighted by atomic mass is 32.2. The highest BCUT2D eigenvalue weighted by Gasteiger charge is 2.64. The van der Waals surface area contributed by atoms with Crippen molar-refractivity contribution < 1.29 is 39.6 Å². The molecule has 1 aliphatic rings. The monoisotopic (exact) mass is 304 g/mol. The Morgan fingerprint density at radius 2 is 1.63 bits per heavy atom. The van der Waals surface area contributed by atoms with Crippen LogP contribution in [0.25, 0.3) is 0 Å². The van der Waals surface area contributed by atoms with Crippen LogP contribution in [0.15, 0.2) is 17.0 Å². The zero-order valence-corrected chi connectivity index (χ0v) is 9.37. The van der Waals surface area contributed by atoms with E-state index < -0.39 is 48.9 Å². The SMILES string of the molecule is O=C1c2c(F)ccc(C(F)(F)F)c2S(=O)(=O)C1(F)F. The van der Waals surface area contributed by atoms with Crippen LogP contribution in [-0.4, -0.2) is 19.5 Å². The molecule has 3 nitrogen and oxygen atoms in total. The summed E-state index contributed by atoms with van der Waals surface area (Å²) in [6, 6.07) is 0.122. The molecule has 2 rings (SSSR count). The molecule has 0 N–H and O–H groups in total. The van der Waals surface area contributed by atoms with Gasteiger partial charge in [-0.2, -0.15) is 22.0 Å². The van der Waals surface area contributed by atoms with Crippen molar-refractivity contribution in [1.29, 1.82) is 0 Å². The lowest BCUT2D eigenvalue weighted by Gasteiger charge is -2.11. The van der Waals surface area contributed by atoms with E-state index in [1.165, 1.54) is 0 Å². The second-order valence-electron chi connectivity index (χ2n) is 3.65. The number of carbonyl (C=O) groups excluding carboxylic acids is 1. The number of ketones is 1. The Morgan fingerprint density at radius 3 is 2.11 bits per heavy atom. The standard InChI is InChI=1S/C9H2F6O3S/c10-4-2-1-3(8(11,12)13)6-5(4)7(16)9(14,15)19(6,17)18/h1-2H. The van der Waals surface area contributed by atoms with Crippen LogP contribution in [-0.2, 0) is 16.0 Å². The van der Waals surface area contributed by atoms with Crippen molar-refractivity contribution in [1.82, 2.24) is 0 Å².